The highest BCUT2D eigenvalue weighted by atomic mass is 16.3. The minimum Gasteiger partial charge on any atom is -0.472 e. The summed E-state index contributed by atoms with van der Waals surface area (Å²) in [5, 5.41) is 7.04. The van der Waals surface area contributed by atoms with E-state index < -0.39 is 0 Å². The van der Waals surface area contributed by atoms with Crippen molar-refractivity contribution in [1.29, 1.82) is 0 Å². The monoisotopic (exact) mass is 162 g/mol. The molecule has 0 aromatic carbocycles. The molecule has 2 aromatic rings. The maximum absolute atomic E-state index is 5.01. The summed E-state index contributed by atoms with van der Waals surface area (Å²) < 4.78 is 5.01. The minimum atomic E-state index is 1.01. The maximum Gasteiger partial charge on any atom is 0.0982 e. The SMILES string of the molecule is Cc1n[nH]c(C)c1-c1ccoc1. The summed E-state index contributed by atoms with van der Waals surface area (Å²) in [6.45, 7) is 3.98. The molecule has 0 saturated carbocycles. The second-order valence-electron chi connectivity index (χ2n) is 2.82. The van der Waals surface area contributed by atoms with Crippen LogP contribution in [0.2, 0.25) is 0 Å². The van der Waals surface area contributed by atoms with Crippen LogP contribution in [0.5, 0.6) is 0 Å². The third-order valence-electron chi connectivity index (χ3n) is 1.94. The molecule has 0 atom stereocenters. The highest BCUT2D eigenvalue weighted by Crippen LogP contribution is 2.24. The molecule has 3 heteroatoms. The summed E-state index contributed by atoms with van der Waals surface area (Å²) in [5.41, 5.74) is 4.31. The quantitative estimate of drug-likeness (QED) is 0.699. The second kappa shape index (κ2) is 2.52. The summed E-state index contributed by atoms with van der Waals surface area (Å²) in [5.74, 6) is 0. The molecule has 0 saturated heterocycles. The first-order valence-corrected chi connectivity index (χ1v) is 3.83. The van der Waals surface area contributed by atoms with Gasteiger partial charge in [-0.3, -0.25) is 5.10 Å². The van der Waals surface area contributed by atoms with Crippen LogP contribution in [0.15, 0.2) is 23.0 Å². The molecule has 12 heavy (non-hydrogen) atoms. The summed E-state index contributed by atoms with van der Waals surface area (Å²) >= 11 is 0. The molecule has 1 N–H and O–H groups in total. The summed E-state index contributed by atoms with van der Waals surface area (Å²) in [4.78, 5) is 0. The van der Waals surface area contributed by atoms with E-state index >= 15 is 0 Å². The predicted molar refractivity (Wildman–Crippen MR) is 45.8 cm³/mol. The Bertz CT molecular complexity index is 354. The average molecular weight is 162 g/mol. The van der Waals surface area contributed by atoms with Gasteiger partial charge in [-0.05, 0) is 19.9 Å². The van der Waals surface area contributed by atoms with E-state index in [0.717, 1.165) is 22.5 Å². The van der Waals surface area contributed by atoms with Gasteiger partial charge in [0.25, 0.3) is 0 Å². The number of aryl methyl sites for hydroxylation is 2. The number of furan rings is 1. The zero-order valence-corrected chi connectivity index (χ0v) is 7.09. The average Bonchev–Trinajstić information content (AvgIpc) is 2.61. The fraction of sp³-hybridized carbons (Fsp3) is 0.222. The Morgan fingerprint density at radius 1 is 1.42 bits per heavy atom. The van der Waals surface area contributed by atoms with Crippen molar-refractivity contribution in [3.63, 3.8) is 0 Å². The normalized spacial score (nSPS) is 10.5. The van der Waals surface area contributed by atoms with E-state index in [1.54, 1.807) is 12.5 Å². The van der Waals surface area contributed by atoms with E-state index in [0.29, 0.717) is 0 Å². The number of aromatic amines is 1. The lowest BCUT2D eigenvalue weighted by molar-refractivity contribution is 0.568. The van der Waals surface area contributed by atoms with Gasteiger partial charge in [-0.15, -0.1) is 0 Å². The highest BCUT2D eigenvalue weighted by Gasteiger charge is 2.08. The van der Waals surface area contributed by atoms with Crippen LogP contribution >= 0.6 is 0 Å². The van der Waals surface area contributed by atoms with E-state index in [2.05, 4.69) is 10.2 Å². The lowest BCUT2D eigenvalue weighted by Crippen LogP contribution is -1.77. The number of aromatic nitrogens is 2. The van der Waals surface area contributed by atoms with Crippen LogP contribution in [-0.4, -0.2) is 10.2 Å². The molecule has 0 aliphatic heterocycles. The summed E-state index contributed by atoms with van der Waals surface area (Å²) in [7, 11) is 0. The first-order valence-electron chi connectivity index (χ1n) is 3.83. The van der Waals surface area contributed by atoms with Crippen molar-refractivity contribution in [3.05, 3.63) is 30.0 Å². The summed E-state index contributed by atoms with van der Waals surface area (Å²) in [6.07, 6.45) is 3.39. The standard InChI is InChI=1S/C9H10N2O/c1-6-9(7(2)11-10-6)8-3-4-12-5-8/h3-5H,1-2H3,(H,10,11). The molecule has 0 fully saturated rings. The van der Waals surface area contributed by atoms with Crippen LogP contribution in [0.25, 0.3) is 11.1 Å². The first kappa shape index (κ1) is 7.16. The maximum atomic E-state index is 5.01. The topological polar surface area (TPSA) is 41.8 Å². The molecule has 2 heterocycles. The first-order chi connectivity index (χ1) is 5.79. The second-order valence-corrected chi connectivity index (χ2v) is 2.82. The van der Waals surface area contributed by atoms with Gasteiger partial charge < -0.3 is 4.42 Å². The van der Waals surface area contributed by atoms with Gasteiger partial charge in [0.15, 0.2) is 0 Å². The Morgan fingerprint density at radius 2 is 2.25 bits per heavy atom. The van der Waals surface area contributed by atoms with Crippen LogP contribution in [0.4, 0.5) is 0 Å². The van der Waals surface area contributed by atoms with Crippen LogP contribution in [0.1, 0.15) is 11.4 Å². The number of H-pyrrole nitrogens is 1. The van der Waals surface area contributed by atoms with Gasteiger partial charge in [0.2, 0.25) is 0 Å². The van der Waals surface area contributed by atoms with Crippen molar-refractivity contribution in [2.75, 3.05) is 0 Å². The largest absolute Gasteiger partial charge is 0.472 e. The zero-order chi connectivity index (χ0) is 8.55. The third kappa shape index (κ3) is 0.942. The molecule has 0 aliphatic carbocycles. The van der Waals surface area contributed by atoms with Crippen molar-refractivity contribution in [2.45, 2.75) is 13.8 Å². The summed E-state index contributed by atoms with van der Waals surface area (Å²) in [6, 6.07) is 1.94. The number of nitrogens with zero attached hydrogens (tertiary/aromatic N) is 1. The van der Waals surface area contributed by atoms with E-state index in [4.69, 9.17) is 4.42 Å². The van der Waals surface area contributed by atoms with Gasteiger partial charge >= 0.3 is 0 Å². The minimum absolute atomic E-state index is 1.01. The Hall–Kier alpha value is -1.51. The highest BCUT2D eigenvalue weighted by molar-refractivity contribution is 5.66. The van der Waals surface area contributed by atoms with Crippen LogP contribution in [-0.2, 0) is 0 Å². The Kier molecular flexibility index (Phi) is 1.50. The van der Waals surface area contributed by atoms with Crippen LogP contribution in [0, 0.1) is 13.8 Å². The molecule has 0 radical (unpaired) electrons. The number of hydrogen-bond donors (Lipinski definition) is 1. The fourth-order valence-electron chi connectivity index (χ4n) is 1.38. The van der Waals surface area contributed by atoms with Crippen LogP contribution < -0.4 is 0 Å². The van der Waals surface area contributed by atoms with E-state index in [9.17, 15) is 0 Å². The van der Waals surface area contributed by atoms with Gasteiger partial charge in [-0.2, -0.15) is 5.10 Å². The van der Waals surface area contributed by atoms with Crippen molar-refractivity contribution >= 4 is 0 Å². The van der Waals surface area contributed by atoms with Gasteiger partial charge in [0, 0.05) is 16.8 Å². The molecular weight excluding hydrogens is 152 g/mol. The number of rotatable bonds is 1. The predicted octanol–water partition coefficient (Wildman–Crippen LogP) is 2.29. The Balaban J connectivity index is 2.60. The molecule has 62 valence electrons. The Labute approximate surface area is 70.4 Å². The van der Waals surface area contributed by atoms with E-state index in [1.165, 1.54) is 0 Å². The molecular formula is C9H10N2O. The van der Waals surface area contributed by atoms with Crippen molar-refractivity contribution < 1.29 is 4.42 Å². The lowest BCUT2D eigenvalue weighted by atomic mass is 10.1. The van der Waals surface area contributed by atoms with Gasteiger partial charge in [0.1, 0.15) is 0 Å². The molecule has 2 rings (SSSR count). The van der Waals surface area contributed by atoms with Crippen molar-refractivity contribution in [2.24, 2.45) is 0 Å². The molecule has 0 unspecified atom stereocenters. The lowest BCUT2D eigenvalue weighted by Gasteiger charge is -1.93. The Morgan fingerprint density at radius 3 is 2.75 bits per heavy atom. The zero-order valence-electron chi connectivity index (χ0n) is 7.09. The van der Waals surface area contributed by atoms with E-state index in [1.807, 2.05) is 19.9 Å². The molecule has 0 bridgehead atoms. The van der Waals surface area contributed by atoms with Crippen LogP contribution in [0.3, 0.4) is 0 Å². The molecule has 0 spiro atoms. The van der Waals surface area contributed by atoms with E-state index in [-0.39, 0.29) is 0 Å². The number of nitrogens with one attached hydrogen (secondary N) is 1. The van der Waals surface area contributed by atoms with Crippen molar-refractivity contribution in [1.82, 2.24) is 10.2 Å². The molecule has 3 nitrogen and oxygen atoms in total. The molecule has 0 amide bonds. The van der Waals surface area contributed by atoms with Crippen molar-refractivity contribution in [3.8, 4) is 11.1 Å². The van der Waals surface area contributed by atoms with Gasteiger partial charge in [-0.25, -0.2) is 0 Å². The molecule has 0 aliphatic rings. The van der Waals surface area contributed by atoms with Gasteiger partial charge in [-0.1, -0.05) is 0 Å². The smallest absolute Gasteiger partial charge is 0.0982 e. The third-order valence-corrected chi connectivity index (χ3v) is 1.94. The number of hydrogen-bond acceptors (Lipinski definition) is 2. The van der Waals surface area contributed by atoms with Gasteiger partial charge in [0.05, 0.1) is 18.2 Å². The fourth-order valence-corrected chi connectivity index (χ4v) is 1.38. The molecule has 2 aromatic heterocycles.